The van der Waals surface area contributed by atoms with Crippen molar-refractivity contribution in [3.8, 4) is 5.06 Å². The van der Waals surface area contributed by atoms with Crippen molar-refractivity contribution in [2.24, 2.45) is 0 Å². The molecule has 0 fully saturated rings. The Bertz CT molecular complexity index is 323. The van der Waals surface area contributed by atoms with Crippen LogP contribution in [0.2, 0.25) is 0 Å². The average molecular weight is 241 g/mol. The van der Waals surface area contributed by atoms with Gasteiger partial charge in [-0.1, -0.05) is 12.2 Å². The van der Waals surface area contributed by atoms with Crippen molar-refractivity contribution in [3.63, 3.8) is 0 Å². The van der Waals surface area contributed by atoms with Crippen LogP contribution in [0, 0.1) is 0 Å². The number of ether oxygens (including phenoxy) is 2. The lowest BCUT2D eigenvalue weighted by atomic mass is 10.4. The maximum atomic E-state index is 5.38. The molecule has 0 aliphatic rings. The largest absolute Gasteiger partial charge is 0.487 e. The van der Waals surface area contributed by atoms with Gasteiger partial charge in [-0.2, -0.15) is 0 Å². The van der Waals surface area contributed by atoms with Crippen LogP contribution in [0.1, 0.15) is 11.8 Å². The summed E-state index contributed by atoms with van der Waals surface area (Å²) >= 11 is 1.66. The Morgan fingerprint density at radius 2 is 2.31 bits per heavy atom. The molecule has 0 unspecified atom stereocenters. The maximum absolute atomic E-state index is 5.38. The second kappa shape index (κ2) is 7.44. The molecule has 0 aromatic carbocycles. The molecule has 0 radical (unpaired) electrons. The fourth-order valence-electron chi connectivity index (χ4n) is 1.17. The molecule has 0 aliphatic carbocycles. The number of nitrogens with one attached hydrogen (secondary N) is 1. The quantitative estimate of drug-likeness (QED) is 0.560. The van der Waals surface area contributed by atoms with E-state index in [1.807, 2.05) is 13.0 Å². The normalized spacial score (nSPS) is 10.4. The highest BCUT2D eigenvalue weighted by molar-refractivity contribution is 7.13. The van der Waals surface area contributed by atoms with Gasteiger partial charge in [0.2, 0.25) is 0 Å². The molecule has 16 heavy (non-hydrogen) atoms. The summed E-state index contributed by atoms with van der Waals surface area (Å²) in [5, 5.41) is 4.27. The van der Waals surface area contributed by atoms with E-state index in [0.717, 1.165) is 30.3 Å². The third-order valence-electron chi connectivity index (χ3n) is 1.91. The van der Waals surface area contributed by atoms with E-state index in [-0.39, 0.29) is 0 Å². The predicted octanol–water partition coefficient (Wildman–Crippen LogP) is 2.44. The van der Waals surface area contributed by atoms with Crippen LogP contribution in [0.3, 0.4) is 0 Å². The first kappa shape index (κ1) is 13.2. The van der Waals surface area contributed by atoms with Gasteiger partial charge in [-0.05, 0) is 19.1 Å². The van der Waals surface area contributed by atoms with Crippen molar-refractivity contribution in [2.45, 2.75) is 13.5 Å². The molecule has 1 N–H and O–H groups in total. The molecule has 0 atom stereocenters. The van der Waals surface area contributed by atoms with Gasteiger partial charge in [0.1, 0.15) is 0 Å². The van der Waals surface area contributed by atoms with Crippen molar-refractivity contribution >= 4 is 11.3 Å². The van der Waals surface area contributed by atoms with Gasteiger partial charge in [0.25, 0.3) is 0 Å². The van der Waals surface area contributed by atoms with Crippen LogP contribution in [0.15, 0.2) is 24.3 Å². The summed E-state index contributed by atoms with van der Waals surface area (Å²) in [4.78, 5) is 1.27. The molecule has 1 aromatic heterocycles. The Morgan fingerprint density at radius 1 is 1.50 bits per heavy atom. The molecule has 1 heterocycles. The molecular formula is C12H19NO2S. The van der Waals surface area contributed by atoms with E-state index in [1.54, 1.807) is 18.4 Å². The fourth-order valence-corrected chi connectivity index (χ4v) is 1.95. The number of thiophene rings is 1. The van der Waals surface area contributed by atoms with E-state index in [0.29, 0.717) is 6.61 Å². The van der Waals surface area contributed by atoms with E-state index in [4.69, 9.17) is 9.47 Å². The second-order valence-corrected chi connectivity index (χ2v) is 4.74. The summed E-state index contributed by atoms with van der Waals surface area (Å²) in [6.07, 6.45) is 0. The highest BCUT2D eigenvalue weighted by atomic mass is 32.1. The van der Waals surface area contributed by atoms with E-state index in [9.17, 15) is 0 Å². The van der Waals surface area contributed by atoms with Crippen LogP contribution in [0.25, 0.3) is 0 Å². The molecule has 3 nitrogen and oxygen atoms in total. The Labute approximate surface area is 101 Å². The summed E-state index contributed by atoms with van der Waals surface area (Å²) in [5.41, 5.74) is 1.06. The lowest BCUT2D eigenvalue weighted by molar-refractivity contribution is 0.158. The van der Waals surface area contributed by atoms with Gasteiger partial charge in [0.15, 0.2) is 5.06 Å². The van der Waals surface area contributed by atoms with Crippen LogP contribution in [-0.2, 0) is 11.3 Å². The van der Waals surface area contributed by atoms with Gasteiger partial charge in [-0.3, -0.25) is 0 Å². The first-order chi connectivity index (χ1) is 7.72. The molecule has 90 valence electrons. The first-order valence-corrected chi connectivity index (χ1v) is 6.09. The molecule has 0 saturated heterocycles. The van der Waals surface area contributed by atoms with E-state index in [1.165, 1.54) is 4.88 Å². The Balaban J connectivity index is 2.04. The van der Waals surface area contributed by atoms with E-state index in [2.05, 4.69) is 18.0 Å². The van der Waals surface area contributed by atoms with Crippen molar-refractivity contribution < 1.29 is 9.47 Å². The van der Waals surface area contributed by atoms with Gasteiger partial charge in [0, 0.05) is 18.0 Å². The predicted molar refractivity (Wildman–Crippen MR) is 68.2 cm³/mol. The van der Waals surface area contributed by atoms with Crippen LogP contribution in [0.5, 0.6) is 5.06 Å². The highest BCUT2D eigenvalue weighted by Crippen LogP contribution is 2.23. The molecule has 4 heteroatoms. The molecule has 0 saturated carbocycles. The number of rotatable bonds is 8. The fraction of sp³-hybridized carbons (Fsp3) is 0.500. The lowest BCUT2D eigenvalue weighted by Gasteiger charge is -2.04. The average Bonchev–Trinajstić information content (AvgIpc) is 2.70. The molecule has 0 spiro atoms. The summed E-state index contributed by atoms with van der Waals surface area (Å²) < 4.78 is 10.5. The SMILES string of the molecule is C=C(C)COCCNCc1ccc(OC)s1. The van der Waals surface area contributed by atoms with Crippen LogP contribution < -0.4 is 10.1 Å². The highest BCUT2D eigenvalue weighted by Gasteiger charge is 1.98. The zero-order chi connectivity index (χ0) is 11.8. The summed E-state index contributed by atoms with van der Waals surface area (Å²) in [7, 11) is 1.69. The van der Waals surface area contributed by atoms with Crippen LogP contribution >= 0.6 is 11.3 Å². The van der Waals surface area contributed by atoms with Crippen LogP contribution in [-0.4, -0.2) is 26.9 Å². The summed E-state index contributed by atoms with van der Waals surface area (Å²) in [5.74, 6) is 0. The van der Waals surface area contributed by atoms with E-state index < -0.39 is 0 Å². The van der Waals surface area contributed by atoms with Crippen molar-refractivity contribution in [2.75, 3.05) is 26.9 Å². The minimum atomic E-state index is 0.647. The molecule has 0 bridgehead atoms. The number of hydrogen-bond donors (Lipinski definition) is 1. The number of methoxy groups -OCH3 is 1. The Hall–Kier alpha value is -0.840. The topological polar surface area (TPSA) is 30.5 Å². The van der Waals surface area contributed by atoms with Crippen LogP contribution in [0.4, 0.5) is 0 Å². The maximum Gasteiger partial charge on any atom is 0.173 e. The Kier molecular flexibility index (Phi) is 6.15. The summed E-state index contributed by atoms with van der Waals surface area (Å²) in [6, 6.07) is 4.06. The van der Waals surface area contributed by atoms with Crippen molar-refractivity contribution in [1.82, 2.24) is 5.32 Å². The standard InChI is InChI=1S/C12H19NO2S/c1-10(2)9-15-7-6-13-8-11-4-5-12(14-3)16-11/h4-5,13H,1,6-9H2,2-3H3. The zero-order valence-electron chi connectivity index (χ0n) is 9.91. The smallest absolute Gasteiger partial charge is 0.173 e. The van der Waals surface area contributed by atoms with Gasteiger partial charge < -0.3 is 14.8 Å². The third-order valence-corrected chi connectivity index (χ3v) is 2.96. The summed E-state index contributed by atoms with van der Waals surface area (Å²) in [6.45, 7) is 8.82. The molecule has 0 amide bonds. The second-order valence-electron chi connectivity index (χ2n) is 3.61. The van der Waals surface area contributed by atoms with E-state index >= 15 is 0 Å². The minimum absolute atomic E-state index is 0.647. The molecule has 0 aliphatic heterocycles. The third kappa shape index (κ3) is 5.30. The van der Waals surface area contributed by atoms with Gasteiger partial charge >= 0.3 is 0 Å². The molecule has 1 rings (SSSR count). The van der Waals surface area contributed by atoms with Gasteiger partial charge in [-0.15, -0.1) is 11.3 Å². The molecule has 1 aromatic rings. The molecular weight excluding hydrogens is 222 g/mol. The Morgan fingerprint density at radius 3 is 2.94 bits per heavy atom. The monoisotopic (exact) mass is 241 g/mol. The first-order valence-electron chi connectivity index (χ1n) is 5.28. The van der Waals surface area contributed by atoms with Crippen molar-refractivity contribution in [3.05, 3.63) is 29.2 Å². The zero-order valence-corrected chi connectivity index (χ0v) is 10.7. The lowest BCUT2D eigenvalue weighted by Crippen LogP contribution is -2.19. The minimum Gasteiger partial charge on any atom is -0.487 e. The number of hydrogen-bond acceptors (Lipinski definition) is 4. The van der Waals surface area contributed by atoms with Gasteiger partial charge in [0.05, 0.1) is 20.3 Å². The van der Waals surface area contributed by atoms with Crippen molar-refractivity contribution in [1.29, 1.82) is 0 Å². The van der Waals surface area contributed by atoms with Gasteiger partial charge in [-0.25, -0.2) is 0 Å².